The molecule has 1 atom stereocenters. The maximum absolute atomic E-state index is 11.9. The fourth-order valence-electron chi connectivity index (χ4n) is 3.80. The van der Waals surface area contributed by atoms with E-state index >= 15 is 0 Å². The lowest BCUT2D eigenvalue weighted by Gasteiger charge is -2.49. The van der Waals surface area contributed by atoms with Crippen molar-refractivity contribution >= 4 is 5.78 Å². The summed E-state index contributed by atoms with van der Waals surface area (Å²) < 4.78 is 0. The molecular formula is C13H21NO. The van der Waals surface area contributed by atoms with Crippen LogP contribution in [-0.4, -0.2) is 29.3 Å². The molecule has 2 nitrogen and oxygen atoms in total. The average Bonchev–Trinajstić information content (AvgIpc) is 2.31. The minimum absolute atomic E-state index is 0.312. The van der Waals surface area contributed by atoms with Gasteiger partial charge in [-0.2, -0.15) is 0 Å². The Morgan fingerprint density at radius 2 is 1.80 bits per heavy atom. The summed E-state index contributed by atoms with van der Waals surface area (Å²) in [6.45, 7) is 1.22. The van der Waals surface area contributed by atoms with Gasteiger partial charge >= 0.3 is 0 Å². The molecule has 0 amide bonds. The predicted molar refractivity (Wildman–Crippen MR) is 59.7 cm³/mol. The van der Waals surface area contributed by atoms with Crippen LogP contribution in [0.2, 0.25) is 0 Å². The number of Topliss-reactive ketones (excluding diaryl/α,β-unsaturated/α-hetero) is 1. The van der Waals surface area contributed by atoms with Crippen molar-refractivity contribution in [1.82, 2.24) is 4.90 Å². The van der Waals surface area contributed by atoms with Gasteiger partial charge in [0, 0.05) is 19.0 Å². The Hall–Kier alpha value is -0.370. The van der Waals surface area contributed by atoms with E-state index < -0.39 is 0 Å². The molecule has 0 aromatic carbocycles. The molecule has 2 aliphatic heterocycles. The van der Waals surface area contributed by atoms with Crippen LogP contribution in [0, 0.1) is 5.92 Å². The van der Waals surface area contributed by atoms with Gasteiger partial charge in [-0.25, -0.2) is 0 Å². The first-order chi connectivity index (χ1) is 7.34. The maximum atomic E-state index is 11.9. The topological polar surface area (TPSA) is 20.3 Å². The molecule has 2 saturated heterocycles. The van der Waals surface area contributed by atoms with Crippen molar-refractivity contribution in [3.05, 3.63) is 0 Å². The summed E-state index contributed by atoms with van der Waals surface area (Å²) in [7, 11) is 0. The Morgan fingerprint density at radius 3 is 2.40 bits per heavy atom. The summed E-state index contributed by atoms with van der Waals surface area (Å²) in [6, 6.07) is 1.06. The number of fused-ring (bicyclic) bond motifs is 3. The van der Waals surface area contributed by atoms with Crippen molar-refractivity contribution in [1.29, 1.82) is 0 Å². The van der Waals surface area contributed by atoms with Gasteiger partial charge in [0.15, 0.2) is 0 Å². The Labute approximate surface area is 92.0 Å². The molecule has 15 heavy (non-hydrogen) atoms. The first kappa shape index (κ1) is 9.83. The third-order valence-electron chi connectivity index (χ3n) is 4.68. The largest absolute Gasteiger partial charge is 0.298 e. The summed E-state index contributed by atoms with van der Waals surface area (Å²) in [4.78, 5) is 14.5. The number of nitrogens with zero attached hydrogens (tertiary/aromatic N) is 1. The van der Waals surface area contributed by atoms with Crippen molar-refractivity contribution in [2.24, 2.45) is 5.92 Å². The first-order valence-corrected chi connectivity index (χ1v) is 6.63. The number of carbonyl (C=O) groups excluding carboxylic acids is 1. The van der Waals surface area contributed by atoms with E-state index in [1.807, 2.05) is 0 Å². The number of hydrogen-bond donors (Lipinski definition) is 0. The van der Waals surface area contributed by atoms with E-state index in [-0.39, 0.29) is 0 Å². The van der Waals surface area contributed by atoms with Crippen LogP contribution in [0.15, 0.2) is 0 Å². The second-order valence-corrected chi connectivity index (χ2v) is 5.60. The van der Waals surface area contributed by atoms with Crippen molar-refractivity contribution in [3.8, 4) is 0 Å². The van der Waals surface area contributed by atoms with Gasteiger partial charge in [0.2, 0.25) is 0 Å². The van der Waals surface area contributed by atoms with E-state index in [0.29, 0.717) is 11.8 Å². The molecule has 1 unspecified atom stereocenters. The molecule has 2 aliphatic carbocycles. The smallest absolute Gasteiger partial charge is 0.149 e. The summed E-state index contributed by atoms with van der Waals surface area (Å²) >= 11 is 0. The molecule has 0 radical (unpaired) electrons. The van der Waals surface area contributed by atoms with E-state index in [2.05, 4.69) is 4.90 Å². The highest BCUT2D eigenvalue weighted by atomic mass is 16.1. The summed E-state index contributed by atoms with van der Waals surface area (Å²) in [5, 5.41) is 0. The monoisotopic (exact) mass is 207 g/mol. The minimum Gasteiger partial charge on any atom is -0.298 e. The summed E-state index contributed by atoms with van der Waals surface area (Å²) in [5.74, 6) is 1.44. The number of carbonyl (C=O) groups is 1. The first-order valence-electron chi connectivity index (χ1n) is 6.63. The fourth-order valence-corrected chi connectivity index (χ4v) is 3.80. The zero-order valence-corrected chi connectivity index (χ0v) is 9.45. The van der Waals surface area contributed by atoms with Crippen LogP contribution in [0.1, 0.15) is 51.4 Å². The minimum atomic E-state index is 0.312. The molecule has 0 aromatic rings. The molecule has 0 aromatic heterocycles. The molecule has 4 aliphatic rings. The van der Waals surface area contributed by atoms with Crippen LogP contribution in [0.25, 0.3) is 0 Å². The van der Waals surface area contributed by atoms with Crippen LogP contribution in [-0.2, 0) is 4.79 Å². The number of piperidine rings is 2. The molecule has 2 heterocycles. The Balaban J connectivity index is 1.73. The van der Waals surface area contributed by atoms with Gasteiger partial charge in [0.25, 0.3) is 0 Å². The van der Waals surface area contributed by atoms with Gasteiger partial charge in [-0.1, -0.05) is 6.42 Å². The van der Waals surface area contributed by atoms with E-state index in [1.54, 1.807) is 0 Å². The molecule has 0 N–H and O–H groups in total. The van der Waals surface area contributed by atoms with Crippen LogP contribution in [0.3, 0.4) is 0 Å². The molecule has 4 fully saturated rings. The highest BCUT2D eigenvalue weighted by molar-refractivity contribution is 5.84. The molecule has 4 rings (SSSR count). The highest BCUT2D eigenvalue weighted by Crippen LogP contribution is 2.37. The van der Waals surface area contributed by atoms with Crippen molar-refractivity contribution in [3.63, 3.8) is 0 Å². The van der Waals surface area contributed by atoms with Gasteiger partial charge in [-0.3, -0.25) is 9.69 Å². The van der Waals surface area contributed by atoms with Gasteiger partial charge in [-0.15, -0.1) is 0 Å². The van der Waals surface area contributed by atoms with Crippen LogP contribution in [0.4, 0.5) is 0 Å². The zero-order chi connectivity index (χ0) is 10.3. The lowest BCUT2D eigenvalue weighted by atomic mass is 9.77. The predicted octanol–water partition coefficient (Wildman–Crippen LogP) is 2.37. The molecule has 2 bridgehead atoms. The third kappa shape index (κ3) is 1.73. The lowest BCUT2D eigenvalue weighted by molar-refractivity contribution is -0.130. The van der Waals surface area contributed by atoms with Gasteiger partial charge < -0.3 is 0 Å². The normalized spacial score (nSPS) is 42.1. The van der Waals surface area contributed by atoms with Crippen molar-refractivity contribution in [2.45, 2.75) is 63.5 Å². The van der Waals surface area contributed by atoms with Crippen LogP contribution < -0.4 is 0 Å². The quantitative estimate of drug-likeness (QED) is 0.658. The van der Waals surface area contributed by atoms with E-state index in [1.165, 1.54) is 38.6 Å². The summed E-state index contributed by atoms with van der Waals surface area (Å²) in [6.07, 6.45) is 9.94. The molecular weight excluding hydrogens is 186 g/mol. The standard InChI is InChI=1S/C13H21NO/c15-13-4-2-1-3-12(13)14-9-10-5-7-11(14)8-6-10/h10-12H,1-9H2. The maximum Gasteiger partial charge on any atom is 0.149 e. The Kier molecular flexibility index (Phi) is 2.55. The zero-order valence-electron chi connectivity index (χ0n) is 9.45. The number of ketones is 1. The van der Waals surface area contributed by atoms with Crippen molar-refractivity contribution in [2.75, 3.05) is 6.54 Å². The Bertz CT molecular complexity index is 255. The van der Waals surface area contributed by atoms with E-state index in [9.17, 15) is 4.79 Å². The second kappa shape index (κ2) is 3.89. The van der Waals surface area contributed by atoms with Crippen LogP contribution >= 0.6 is 0 Å². The average molecular weight is 207 g/mol. The van der Waals surface area contributed by atoms with Crippen LogP contribution in [0.5, 0.6) is 0 Å². The molecule has 2 saturated carbocycles. The number of hydrogen-bond acceptors (Lipinski definition) is 2. The SMILES string of the molecule is O=C1CCCCC1N1CC2CCC1CC2. The summed E-state index contributed by atoms with van der Waals surface area (Å²) in [5.41, 5.74) is 0. The third-order valence-corrected chi connectivity index (χ3v) is 4.68. The van der Waals surface area contributed by atoms with E-state index in [4.69, 9.17) is 0 Å². The second-order valence-electron chi connectivity index (χ2n) is 5.60. The van der Waals surface area contributed by atoms with Gasteiger partial charge in [-0.05, 0) is 44.4 Å². The Morgan fingerprint density at radius 1 is 1.00 bits per heavy atom. The lowest BCUT2D eigenvalue weighted by Crippen LogP contribution is -2.55. The number of rotatable bonds is 1. The molecule has 2 heteroatoms. The molecule has 0 spiro atoms. The van der Waals surface area contributed by atoms with Gasteiger partial charge in [0.05, 0.1) is 6.04 Å². The van der Waals surface area contributed by atoms with Gasteiger partial charge in [0.1, 0.15) is 5.78 Å². The molecule has 84 valence electrons. The fraction of sp³-hybridized carbons (Fsp3) is 0.923. The van der Waals surface area contributed by atoms with Crippen molar-refractivity contribution < 1.29 is 4.79 Å². The highest BCUT2D eigenvalue weighted by Gasteiger charge is 2.39. The van der Waals surface area contributed by atoms with E-state index in [0.717, 1.165) is 31.2 Å².